The fraction of sp³-hybridized carbons (Fsp3) is 0. The molecule has 0 bridgehead atoms. The Bertz CT molecular complexity index is 3080. The van der Waals surface area contributed by atoms with Crippen LogP contribution in [0.25, 0.3) is 75.2 Å². The van der Waals surface area contributed by atoms with E-state index in [4.69, 9.17) is 0 Å². The largest absolute Gasteiger partial charge is 0.310 e. The Morgan fingerprint density at radius 1 is 0.308 bits per heavy atom. The maximum Gasteiger partial charge on any atom is 0.0542 e. The molecule has 0 saturated heterocycles. The fourth-order valence-electron chi connectivity index (χ4n) is 8.21. The lowest BCUT2D eigenvalue weighted by molar-refractivity contribution is 1.17. The van der Waals surface area contributed by atoms with E-state index in [1.54, 1.807) is 0 Å². The predicted molar refractivity (Wildman–Crippen MR) is 223 cm³/mol. The van der Waals surface area contributed by atoms with Crippen molar-refractivity contribution in [2.75, 3.05) is 4.90 Å². The van der Waals surface area contributed by atoms with Gasteiger partial charge >= 0.3 is 0 Å². The maximum absolute atomic E-state index is 2.41. The Labute approximate surface area is 304 Å². The number of thiophene rings is 1. The molecule has 0 amide bonds. The Morgan fingerprint density at radius 3 is 1.40 bits per heavy atom. The molecule has 0 fully saturated rings. The van der Waals surface area contributed by atoms with E-state index in [0.717, 1.165) is 28.4 Å². The van der Waals surface area contributed by atoms with Gasteiger partial charge < -0.3 is 14.0 Å². The Kier molecular flexibility index (Phi) is 6.42. The van der Waals surface area contributed by atoms with Crippen LogP contribution in [-0.4, -0.2) is 9.13 Å². The number of nitrogens with zero attached hydrogens (tertiary/aromatic N) is 3. The average Bonchev–Trinajstić information content (AvgIpc) is 3.86. The second-order valence-corrected chi connectivity index (χ2v) is 14.5. The van der Waals surface area contributed by atoms with Gasteiger partial charge in [0.05, 0.1) is 22.1 Å². The summed E-state index contributed by atoms with van der Waals surface area (Å²) >= 11 is 1.86. The summed E-state index contributed by atoms with van der Waals surface area (Å²) in [6.07, 6.45) is 0. The molecule has 0 aliphatic carbocycles. The lowest BCUT2D eigenvalue weighted by Crippen LogP contribution is -2.10. The van der Waals surface area contributed by atoms with Crippen molar-refractivity contribution in [3.63, 3.8) is 0 Å². The normalized spacial score (nSPS) is 11.8. The molecule has 3 heterocycles. The lowest BCUT2D eigenvalue weighted by Gasteiger charge is -2.26. The Hall–Kier alpha value is -6.62. The van der Waals surface area contributed by atoms with Gasteiger partial charge in [-0.1, -0.05) is 91.0 Å². The van der Waals surface area contributed by atoms with Crippen molar-refractivity contribution in [3.8, 4) is 11.4 Å². The summed E-state index contributed by atoms with van der Waals surface area (Å²) in [7, 11) is 0. The molecule has 11 rings (SSSR count). The molecule has 0 N–H and O–H groups in total. The quantitative estimate of drug-likeness (QED) is 0.176. The van der Waals surface area contributed by atoms with E-state index in [1.807, 2.05) is 11.3 Å². The monoisotopic (exact) mass is 681 g/mol. The van der Waals surface area contributed by atoms with Crippen molar-refractivity contribution in [1.82, 2.24) is 9.13 Å². The predicted octanol–water partition coefficient (Wildman–Crippen LogP) is 13.7. The van der Waals surface area contributed by atoms with Crippen molar-refractivity contribution < 1.29 is 0 Å². The highest BCUT2D eigenvalue weighted by atomic mass is 32.1. The first kappa shape index (κ1) is 29.1. The van der Waals surface area contributed by atoms with Gasteiger partial charge in [-0.25, -0.2) is 0 Å². The molecular formula is C48H31N3S. The smallest absolute Gasteiger partial charge is 0.0542 e. The number of rotatable bonds is 5. The molecule has 0 unspecified atom stereocenters. The summed E-state index contributed by atoms with van der Waals surface area (Å²) in [4.78, 5) is 2.41. The maximum atomic E-state index is 2.41. The number of anilines is 3. The minimum atomic E-state index is 1.11. The summed E-state index contributed by atoms with van der Waals surface area (Å²) in [5, 5.41) is 7.58. The zero-order valence-electron chi connectivity index (χ0n) is 28.1. The van der Waals surface area contributed by atoms with Crippen molar-refractivity contribution in [2.45, 2.75) is 0 Å². The molecule has 0 aliphatic rings. The summed E-state index contributed by atoms with van der Waals surface area (Å²) < 4.78 is 7.37. The summed E-state index contributed by atoms with van der Waals surface area (Å²) in [5.74, 6) is 0. The highest BCUT2D eigenvalue weighted by Crippen LogP contribution is 2.43. The molecule has 52 heavy (non-hydrogen) atoms. The third kappa shape index (κ3) is 4.38. The minimum Gasteiger partial charge on any atom is -0.310 e. The number of aromatic nitrogens is 2. The molecular weight excluding hydrogens is 651 g/mol. The molecule has 3 nitrogen and oxygen atoms in total. The lowest BCUT2D eigenvalue weighted by atomic mass is 10.1. The second kappa shape index (κ2) is 11.5. The third-order valence-corrected chi connectivity index (χ3v) is 11.6. The third-order valence-electron chi connectivity index (χ3n) is 10.5. The van der Waals surface area contributed by atoms with Crippen LogP contribution in [0.2, 0.25) is 0 Å². The number of fused-ring (bicyclic) bond motifs is 9. The van der Waals surface area contributed by atoms with Crippen LogP contribution >= 0.6 is 11.3 Å². The average molecular weight is 682 g/mol. The van der Waals surface area contributed by atoms with Crippen LogP contribution in [0, 0.1) is 0 Å². The second-order valence-electron chi connectivity index (χ2n) is 13.4. The molecule has 0 saturated carbocycles. The van der Waals surface area contributed by atoms with Gasteiger partial charge in [-0.05, 0) is 97.1 Å². The van der Waals surface area contributed by atoms with E-state index in [-0.39, 0.29) is 0 Å². The number of para-hydroxylation sites is 4. The van der Waals surface area contributed by atoms with Crippen LogP contribution in [0.5, 0.6) is 0 Å². The molecule has 4 heteroatoms. The summed E-state index contributed by atoms with van der Waals surface area (Å²) in [6.45, 7) is 0. The molecule has 0 spiro atoms. The van der Waals surface area contributed by atoms with E-state index >= 15 is 0 Å². The SMILES string of the molecule is c1ccc(-n2c3ccccc3c3cc(N(c4ccc(-n5c6ccccc6c6ccccc65)cc4)c4ccc5sc6ccccc6c5c4)ccc32)cc1. The minimum absolute atomic E-state index is 1.11. The van der Waals surface area contributed by atoms with Crippen LogP contribution < -0.4 is 4.90 Å². The van der Waals surface area contributed by atoms with E-state index in [0.29, 0.717) is 0 Å². The van der Waals surface area contributed by atoms with Gasteiger partial charge in [0.15, 0.2) is 0 Å². The van der Waals surface area contributed by atoms with Crippen molar-refractivity contribution in [3.05, 3.63) is 188 Å². The van der Waals surface area contributed by atoms with Gasteiger partial charge in [0.1, 0.15) is 0 Å². The van der Waals surface area contributed by atoms with E-state index in [1.165, 1.54) is 63.8 Å². The molecule has 0 atom stereocenters. The molecule has 244 valence electrons. The molecule has 8 aromatic carbocycles. The summed E-state index contributed by atoms with van der Waals surface area (Å²) in [6, 6.07) is 68.5. The van der Waals surface area contributed by atoms with E-state index < -0.39 is 0 Å². The fourth-order valence-corrected chi connectivity index (χ4v) is 9.29. The van der Waals surface area contributed by atoms with Crippen LogP contribution in [0.15, 0.2) is 188 Å². The van der Waals surface area contributed by atoms with Crippen LogP contribution in [0.1, 0.15) is 0 Å². The highest BCUT2D eigenvalue weighted by molar-refractivity contribution is 7.25. The first-order valence-electron chi connectivity index (χ1n) is 17.7. The molecule has 3 aromatic heterocycles. The van der Waals surface area contributed by atoms with Crippen LogP contribution in [-0.2, 0) is 0 Å². The zero-order chi connectivity index (χ0) is 34.2. The topological polar surface area (TPSA) is 13.1 Å². The molecule has 0 aliphatic heterocycles. The number of hydrogen-bond acceptors (Lipinski definition) is 2. The summed E-state index contributed by atoms with van der Waals surface area (Å²) in [5.41, 5.74) is 10.5. The zero-order valence-corrected chi connectivity index (χ0v) is 29.0. The standard InChI is InChI=1S/C48H31N3S/c1-2-12-32(13-3-1)50-45-20-10-6-16-39(45)41-30-35(26-28-46(41)50)49(36-27-29-48-42(31-36)40-17-7-11-21-47(40)52-48)33-22-24-34(25-23-33)51-43-18-8-4-14-37(43)38-15-5-9-19-44(38)51/h1-31H. The van der Waals surface area contributed by atoms with Gasteiger partial charge in [-0.2, -0.15) is 0 Å². The highest BCUT2D eigenvalue weighted by Gasteiger charge is 2.19. The van der Waals surface area contributed by atoms with Crippen LogP contribution in [0.4, 0.5) is 17.1 Å². The van der Waals surface area contributed by atoms with Gasteiger partial charge in [0, 0.05) is 70.2 Å². The number of benzene rings is 8. The van der Waals surface area contributed by atoms with Crippen molar-refractivity contribution >= 4 is 92.2 Å². The van der Waals surface area contributed by atoms with Crippen LogP contribution in [0.3, 0.4) is 0 Å². The van der Waals surface area contributed by atoms with Gasteiger partial charge in [0.2, 0.25) is 0 Å². The van der Waals surface area contributed by atoms with E-state index in [9.17, 15) is 0 Å². The van der Waals surface area contributed by atoms with Gasteiger partial charge in [0.25, 0.3) is 0 Å². The molecule has 11 aromatic rings. The van der Waals surface area contributed by atoms with Gasteiger partial charge in [-0.3, -0.25) is 0 Å². The number of hydrogen-bond donors (Lipinski definition) is 0. The van der Waals surface area contributed by atoms with Crippen molar-refractivity contribution in [2.24, 2.45) is 0 Å². The first-order valence-corrected chi connectivity index (χ1v) is 18.5. The van der Waals surface area contributed by atoms with E-state index in [2.05, 4.69) is 202 Å². The Morgan fingerprint density at radius 2 is 0.750 bits per heavy atom. The first-order chi connectivity index (χ1) is 25.8. The van der Waals surface area contributed by atoms with Gasteiger partial charge in [-0.15, -0.1) is 11.3 Å². The molecule has 0 radical (unpaired) electrons. The van der Waals surface area contributed by atoms with Crippen molar-refractivity contribution in [1.29, 1.82) is 0 Å². The Balaban J connectivity index is 1.13.